The number of rotatable bonds is 5. The molecule has 0 unspecified atom stereocenters. The van der Waals surface area contributed by atoms with Crippen LogP contribution in [0.4, 0.5) is 27.5 Å². The Bertz CT molecular complexity index is 1450. The molecule has 9 nitrogen and oxygen atoms in total. The van der Waals surface area contributed by atoms with E-state index in [4.69, 9.17) is 5.14 Å². The number of nitrogens with two attached hydrogens (primary N) is 1. The van der Waals surface area contributed by atoms with Gasteiger partial charge in [0.1, 0.15) is 11.6 Å². The Morgan fingerprint density at radius 2 is 1.91 bits per heavy atom. The first-order valence-corrected chi connectivity index (χ1v) is 11.2. The fourth-order valence-corrected chi connectivity index (χ4v) is 4.26. The molecule has 4 aromatic rings. The Morgan fingerprint density at radius 3 is 2.62 bits per heavy atom. The van der Waals surface area contributed by atoms with Crippen molar-refractivity contribution in [1.29, 1.82) is 0 Å². The van der Waals surface area contributed by atoms with Crippen molar-refractivity contribution in [1.82, 2.24) is 19.7 Å². The summed E-state index contributed by atoms with van der Waals surface area (Å²) in [6.45, 7) is 3.48. The number of aryl methyl sites for hydroxylation is 3. The standard InChI is InChI=1S/C21H22FN7O2S/c1-12-5-6-14(9-18(12)32(23,30)31)25-21-24-8-7-19(26-21)28(3)15-10-16(22)20-13(2)29(4)27-17(20)11-15/h5-11H,1-4H3,(H2,23,30,31)(H,24,25,26). The van der Waals surface area contributed by atoms with Crippen LogP contribution in [0.2, 0.25) is 0 Å². The molecule has 0 aliphatic heterocycles. The highest BCUT2D eigenvalue weighted by molar-refractivity contribution is 7.89. The molecule has 0 radical (unpaired) electrons. The van der Waals surface area contributed by atoms with Crippen molar-refractivity contribution in [3.8, 4) is 0 Å². The summed E-state index contributed by atoms with van der Waals surface area (Å²) in [5.41, 5.74) is 2.88. The molecule has 0 atom stereocenters. The van der Waals surface area contributed by atoms with Gasteiger partial charge in [-0.15, -0.1) is 0 Å². The SMILES string of the molecule is Cc1ccc(Nc2nccc(N(C)c3cc(F)c4c(C)n(C)nc4c3)n2)cc1S(N)(=O)=O. The van der Waals surface area contributed by atoms with E-state index in [1.807, 2.05) is 6.92 Å². The molecule has 0 bridgehead atoms. The van der Waals surface area contributed by atoms with E-state index < -0.39 is 10.0 Å². The lowest BCUT2D eigenvalue weighted by Crippen LogP contribution is -2.14. The molecule has 32 heavy (non-hydrogen) atoms. The normalized spacial score (nSPS) is 11.7. The maximum Gasteiger partial charge on any atom is 0.238 e. The van der Waals surface area contributed by atoms with Crippen molar-refractivity contribution >= 4 is 44.1 Å². The molecule has 2 heterocycles. The number of hydrogen-bond acceptors (Lipinski definition) is 7. The molecule has 0 fully saturated rings. The lowest BCUT2D eigenvalue weighted by molar-refractivity contribution is 0.597. The predicted molar refractivity (Wildman–Crippen MR) is 121 cm³/mol. The van der Waals surface area contributed by atoms with Crippen LogP contribution in [-0.2, 0) is 17.1 Å². The van der Waals surface area contributed by atoms with Gasteiger partial charge in [-0.25, -0.2) is 22.9 Å². The van der Waals surface area contributed by atoms with Crippen molar-refractivity contribution in [3.05, 3.63) is 59.7 Å². The van der Waals surface area contributed by atoms with Crippen molar-refractivity contribution in [3.63, 3.8) is 0 Å². The topological polar surface area (TPSA) is 119 Å². The lowest BCUT2D eigenvalue weighted by Gasteiger charge is -2.19. The van der Waals surface area contributed by atoms with Crippen LogP contribution < -0.4 is 15.4 Å². The van der Waals surface area contributed by atoms with E-state index in [0.717, 1.165) is 5.69 Å². The van der Waals surface area contributed by atoms with Gasteiger partial charge in [-0.2, -0.15) is 10.1 Å². The molecule has 0 amide bonds. The van der Waals surface area contributed by atoms with Crippen LogP contribution in [0.1, 0.15) is 11.3 Å². The lowest BCUT2D eigenvalue weighted by atomic mass is 10.1. The second-order valence-electron chi connectivity index (χ2n) is 7.48. The third-order valence-electron chi connectivity index (χ3n) is 5.28. The monoisotopic (exact) mass is 455 g/mol. The van der Waals surface area contributed by atoms with Crippen LogP contribution in [0.5, 0.6) is 0 Å². The molecule has 3 N–H and O–H groups in total. The van der Waals surface area contributed by atoms with Crippen LogP contribution in [0.25, 0.3) is 10.9 Å². The molecular formula is C21H22FN7O2S. The number of nitrogens with one attached hydrogen (secondary N) is 1. The summed E-state index contributed by atoms with van der Waals surface area (Å²) in [4.78, 5) is 10.4. The summed E-state index contributed by atoms with van der Waals surface area (Å²) in [7, 11) is -0.333. The Kier molecular flexibility index (Phi) is 5.31. The Balaban J connectivity index is 1.66. The molecule has 4 rings (SSSR count). The number of anilines is 4. The zero-order valence-electron chi connectivity index (χ0n) is 18.0. The number of benzene rings is 2. The van der Waals surface area contributed by atoms with E-state index in [9.17, 15) is 12.8 Å². The predicted octanol–water partition coefficient (Wildman–Crippen LogP) is 3.28. The number of primary sulfonamides is 1. The van der Waals surface area contributed by atoms with Crippen LogP contribution in [0.15, 0.2) is 47.5 Å². The molecule has 0 aliphatic carbocycles. The average molecular weight is 456 g/mol. The highest BCUT2D eigenvalue weighted by Gasteiger charge is 2.16. The molecule has 0 spiro atoms. The number of fused-ring (bicyclic) bond motifs is 1. The summed E-state index contributed by atoms with van der Waals surface area (Å²) >= 11 is 0. The van der Waals surface area contributed by atoms with Gasteiger partial charge in [0.2, 0.25) is 16.0 Å². The second kappa shape index (κ2) is 7.84. The number of nitrogens with zero attached hydrogens (tertiary/aromatic N) is 5. The highest BCUT2D eigenvalue weighted by atomic mass is 32.2. The van der Waals surface area contributed by atoms with Gasteiger partial charge in [-0.3, -0.25) is 4.68 Å². The van der Waals surface area contributed by atoms with Crippen molar-refractivity contribution < 1.29 is 12.8 Å². The van der Waals surface area contributed by atoms with Crippen LogP contribution >= 0.6 is 0 Å². The fraction of sp³-hybridized carbons (Fsp3) is 0.190. The van der Waals surface area contributed by atoms with Crippen LogP contribution in [0, 0.1) is 19.7 Å². The Labute approximate surface area is 184 Å². The average Bonchev–Trinajstić information content (AvgIpc) is 3.02. The van der Waals surface area contributed by atoms with Gasteiger partial charge in [0.15, 0.2) is 0 Å². The first-order chi connectivity index (χ1) is 15.0. The molecule has 0 saturated heterocycles. The number of halogens is 1. The second-order valence-corrected chi connectivity index (χ2v) is 9.01. The first kappa shape index (κ1) is 21.7. The van der Waals surface area contributed by atoms with E-state index in [2.05, 4.69) is 20.4 Å². The highest BCUT2D eigenvalue weighted by Crippen LogP contribution is 2.30. The van der Waals surface area contributed by atoms with Gasteiger partial charge in [-0.1, -0.05) is 6.07 Å². The Hall–Kier alpha value is -3.57. The smallest absolute Gasteiger partial charge is 0.238 e. The van der Waals surface area contributed by atoms with E-state index in [1.54, 1.807) is 61.1 Å². The summed E-state index contributed by atoms with van der Waals surface area (Å²) in [6, 6.07) is 9.68. The summed E-state index contributed by atoms with van der Waals surface area (Å²) < 4.78 is 39.9. The van der Waals surface area contributed by atoms with Crippen molar-refractivity contribution in [2.75, 3.05) is 17.3 Å². The maximum atomic E-state index is 14.7. The molecule has 11 heteroatoms. The van der Waals surface area contributed by atoms with Gasteiger partial charge in [0.05, 0.1) is 15.8 Å². The molecule has 0 aliphatic rings. The van der Waals surface area contributed by atoms with E-state index in [1.165, 1.54) is 12.1 Å². The minimum Gasteiger partial charge on any atom is -0.329 e. The van der Waals surface area contributed by atoms with E-state index in [0.29, 0.717) is 33.7 Å². The van der Waals surface area contributed by atoms with Gasteiger partial charge in [-0.05, 0) is 49.7 Å². The summed E-state index contributed by atoms with van der Waals surface area (Å²) in [5, 5.41) is 13.1. The first-order valence-electron chi connectivity index (χ1n) is 9.64. The van der Waals surface area contributed by atoms with E-state index >= 15 is 0 Å². The largest absolute Gasteiger partial charge is 0.329 e. The molecular weight excluding hydrogens is 433 g/mol. The van der Waals surface area contributed by atoms with Crippen LogP contribution in [-0.4, -0.2) is 35.2 Å². The number of sulfonamides is 1. The third kappa shape index (κ3) is 3.99. The van der Waals surface area contributed by atoms with Gasteiger partial charge >= 0.3 is 0 Å². The molecule has 2 aromatic carbocycles. The summed E-state index contributed by atoms with van der Waals surface area (Å²) in [6.07, 6.45) is 1.55. The molecule has 0 saturated carbocycles. The van der Waals surface area contributed by atoms with Crippen LogP contribution in [0.3, 0.4) is 0 Å². The number of hydrogen-bond donors (Lipinski definition) is 2. The summed E-state index contributed by atoms with van der Waals surface area (Å²) in [5.74, 6) is 0.388. The Morgan fingerprint density at radius 1 is 1.16 bits per heavy atom. The van der Waals surface area contributed by atoms with E-state index in [-0.39, 0.29) is 16.7 Å². The van der Waals surface area contributed by atoms with Gasteiger partial charge in [0, 0.05) is 37.4 Å². The minimum atomic E-state index is -3.86. The zero-order valence-corrected chi connectivity index (χ0v) is 18.8. The van der Waals surface area contributed by atoms with Gasteiger partial charge < -0.3 is 10.2 Å². The molecule has 2 aromatic heterocycles. The minimum absolute atomic E-state index is 0.0187. The maximum absolute atomic E-state index is 14.7. The van der Waals surface area contributed by atoms with Crippen molar-refractivity contribution in [2.24, 2.45) is 12.2 Å². The zero-order chi connectivity index (χ0) is 23.2. The number of aromatic nitrogens is 4. The molecule has 166 valence electrons. The van der Waals surface area contributed by atoms with Gasteiger partial charge in [0.25, 0.3) is 0 Å². The quantitative estimate of drug-likeness (QED) is 0.474. The van der Waals surface area contributed by atoms with Crippen molar-refractivity contribution in [2.45, 2.75) is 18.7 Å². The third-order valence-corrected chi connectivity index (χ3v) is 6.33. The fourth-order valence-electron chi connectivity index (χ4n) is 3.45.